The lowest BCUT2D eigenvalue weighted by Gasteiger charge is -2.22. The molecule has 1 rings (SSSR count). The third-order valence-corrected chi connectivity index (χ3v) is 2.55. The number of ether oxygens (including phenoxy) is 1. The summed E-state index contributed by atoms with van der Waals surface area (Å²) in [7, 11) is 0. The van der Waals surface area contributed by atoms with Gasteiger partial charge in [-0.25, -0.2) is 0 Å². The molecule has 78 valence electrons. The van der Waals surface area contributed by atoms with Gasteiger partial charge in [0.1, 0.15) is 0 Å². The van der Waals surface area contributed by atoms with E-state index in [-0.39, 0.29) is 0 Å². The Balaban J connectivity index is 1.92. The molecule has 0 aromatic rings. The van der Waals surface area contributed by atoms with E-state index in [1.807, 2.05) is 0 Å². The van der Waals surface area contributed by atoms with Gasteiger partial charge in [-0.15, -0.1) is 0 Å². The van der Waals surface area contributed by atoms with Gasteiger partial charge in [0, 0.05) is 19.3 Å². The molecule has 1 fully saturated rings. The molecule has 0 aromatic carbocycles. The summed E-state index contributed by atoms with van der Waals surface area (Å²) in [6.07, 6.45) is 3.50. The molecule has 3 nitrogen and oxygen atoms in total. The molecule has 0 amide bonds. The lowest BCUT2D eigenvalue weighted by Crippen LogP contribution is -2.30. The Hall–Kier alpha value is -0.120. The molecule has 1 unspecified atom stereocenters. The Labute approximate surface area is 81.0 Å². The third kappa shape index (κ3) is 5.24. The molecule has 3 heteroatoms. The van der Waals surface area contributed by atoms with Gasteiger partial charge in [-0.3, -0.25) is 0 Å². The van der Waals surface area contributed by atoms with Crippen LogP contribution in [0.15, 0.2) is 0 Å². The van der Waals surface area contributed by atoms with Crippen molar-refractivity contribution in [3.63, 3.8) is 0 Å². The van der Waals surface area contributed by atoms with Crippen molar-refractivity contribution in [2.24, 2.45) is 11.7 Å². The van der Waals surface area contributed by atoms with Crippen molar-refractivity contribution in [3.05, 3.63) is 0 Å². The number of nitrogens with one attached hydrogen (secondary N) is 1. The highest BCUT2D eigenvalue weighted by Crippen LogP contribution is 2.12. The van der Waals surface area contributed by atoms with E-state index < -0.39 is 0 Å². The Morgan fingerprint density at radius 3 is 2.77 bits per heavy atom. The Kier molecular flexibility index (Phi) is 5.35. The third-order valence-electron chi connectivity index (χ3n) is 2.55. The number of nitrogens with two attached hydrogens (primary N) is 1. The highest BCUT2D eigenvalue weighted by molar-refractivity contribution is 4.66. The van der Waals surface area contributed by atoms with Gasteiger partial charge in [0.15, 0.2) is 0 Å². The molecule has 1 aliphatic heterocycles. The highest BCUT2D eigenvalue weighted by Gasteiger charge is 2.12. The van der Waals surface area contributed by atoms with E-state index in [0.717, 1.165) is 38.6 Å². The van der Waals surface area contributed by atoms with Crippen molar-refractivity contribution in [2.75, 3.05) is 26.3 Å². The summed E-state index contributed by atoms with van der Waals surface area (Å²) in [6.45, 7) is 6.13. The van der Waals surface area contributed by atoms with Crippen LogP contribution in [0.5, 0.6) is 0 Å². The fraction of sp³-hybridized carbons (Fsp3) is 1.00. The van der Waals surface area contributed by atoms with E-state index in [1.54, 1.807) is 0 Å². The molecule has 1 saturated heterocycles. The summed E-state index contributed by atoms with van der Waals surface area (Å²) in [5.74, 6) is 0.821. The van der Waals surface area contributed by atoms with E-state index >= 15 is 0 Å². The van der Waals surface area contributed by atoms with Crippen molar-refractivity contribution in [1.82, 2.24) is 5.32 Å². The standard InChI is InChI=1S/C10H22N2O/c1-9(11)2-5-12-8-10-3-6-13-7-4-10/h9-10,12H,2-8,11H2,1H3. The Bertz CT molecular complexity index is 122. The molecule has 1 atom stereocenters. The molecule has 0 aliphatic carbocycles. The first-order valence-electron chi connectivity index (χ1n) is 5.33. The summed E-state index contributed by atoms with van der Waals surface area (Å²) in [5, 5.41) is 3.45. The van der Waals surface area contributed by atoms with Crippen LogP contribution in [0.4, 0.5) is 0 Å². The molecule has 0 spiro atoms. The molecule has 1 aliphatic rings. The minimum absolute atomic E-state index is 0.321. The van der Waals surface area contributed by atoms with Gasteiger partial charge in [0.2, 0.25) is 0 Å². The smallest absolute Gasteiger partial charge is 0.0469 e. The van der Waals surface area contributed by atoms with Gasteiger partial charge < -0.3 is 15.8 Å². The van der Waals surface area contributed by atoms with E-state index in [2.05, 4.69) is 12.2 Å². The Morgan fingerprint density at radius 2 is 2.15 bits per heavy atom. The first-order valence-corrected chi connectivity index (χ1v) is 5.33. The average molecular weight is 186 g/mol. The highest BCUT2D eigenvalue weighted by atomic mass is 16.5. The van der Waals surface area contributed by atoms with Gasteiger partial charge in [0.05, 0.1) is 0 Å². The molecule has 0 saturated carbocycles. The van der Waals surface area contributed by atoms with Crippen molar-refractivity contribution in [2.45, 2.75) is 32.2 Å². The van der Waals surface area contributed by atoms with E-state index in [0.29, 0.717) is 6.04 Å². The quantitative estimate of drug-likeness (QED) is 0.623. The fourth-order valence-electron chi connectivity index (χ4n) is 1.59. The van der Waals surface area contributed by atoms with Crippen LogP contribution in [0.2, 0.25) is 0 Å². The largest absolute Gasteiger partial charge is 0.381 e. The molecule has 0 aromatic heterocycles. The number of rotatable bonds is 5. The maximum absolute atomic E-state index is 5.65. The zero-order valence-electron chi connectivity index (χ0n) is 8.59. The molecule has 0 radical (unpaired) electrons. The van der Waals surface area contributed by atoms with Crippen molar-refractivity contribution >= 4 is 0 Å². The molecule has 0 bridgehead atoms. The van der Waals surface area contributed by atoms with Crippen molar-refractivity contribution in [1.29, 1.82) is 0 Å². The number of hydrogen-bond donors (Lipinski definition) is 2. The second-order valence-electron chi connectivity index (χ2n) is 4.03. The monoisotopic (exact) mass is 186 g/mol. The maximum Gasteiger partial charge on any atom is 0.0469 e. The summed E-state index contributed by atoms with van der Waals surface area (Å²) >= 11 is 0. The zero-order valence-corrected chi connectivity index (χ0v) is 8.59. The van der Waals surface area contributed by atoms with Crippen LogP contribution in [0.25, 0.3) is 0 Å². The lowest BCUT2D eigenvalue weighted by molar-refractivity contribution is 0.0663. The van der Waals surface area contributed by atoms with E-state index in [4.69, 9.17) is 10.5 Å². The first kappa shape index (κ1) is 11.0. The summed E-state index contributed by atoms with van der Waals surface area (Å²) in [5.41, 5.74) is 5.65. The molecular formula is C10H22N2O. The summed E-state index contributed by atoms with van der Waals surface area (Å²) in [6, 6.07) is 0.321. The average Bonchev–Trinajstić information content (AvgIpc) is 2.14. The Morgan fingerprint density at radius 1 is 1.46 bits per heavy atom. The van der Waals surface area contributed by atoms with Crippen LogP contribution < -0.4 is 11.1 Å². The van der Waals surface area contributed by atoms with Gasteiger partial charge in [0.25, 0.3) is 0 Å². The van der Waals surface area contributed by atoms with Crippen LogP contribution in [-0.4, -0.2) is 32.3 Å². The first-order chi connectivity index (χ1) is 6.29. The predicted molar refractivity (Wildman–Crippen MR) is 54.7 cm³/mol. The summed E-state index contributed by atoms with van der Waals surface area (Å²) in [4.78, 5) is 0. The van der Waals surface area contributed by atoms with Crippen LogP contribution in [0.1, 0.15) is 26.2 Å². The molecule has 3 N–H and O–H groups in total. The second kappa shape index (κ2) is 6.35. The van der Waals surface area contributed by atoms with Crippen LogP contribution in [0, 0.1) is 5.92 Å². The predicted octanol–water partition coefficient (Wildman–Crippen LogP) is 0.740. The van der Waals surface area contributed by atoms with Gasteiger partial charge >= 0.3 is 0 Å². The zero-order chi connectivity index (χ0) is 9.52. The van der Waals surface area contributed by atoms with Gasteiger partial charge in [-0.05, 0) is 45.2 Å². The van der Waals surface area contributed by atoms with E-state index in [9.17, 15) is 0 Å². The van der Waals surface area contributed by atoms with Gasteiger partial charge in [-0.2, -0.15) is 0 Å². The van der Waals surface area contributed by atoms with Gasteiger partial charge in [-0.1, -0.05) is 0 Å². The molecule has 13 heavy (non-hydrogen) atoms. The lowest BCUT2D eigenvalue weighted by atomic mass is 10.0. The van der Waals surface area contributed by atoms with Crippen LogP contribution in [0.3, 0.4) is 0 Å². The molecule has 1 heterocycles. The summed E-state index contributed by atoms with van der Waals surface area (Å²) < 4.78 is 5.30. The van der Waals surface area contributed by atoms with Crippen LogP contribution in [-0.2, 0) is 4.74 Å². The SMILES string of the molecule is CC(N)CCNCC1CCOCC1. The minimum atomic E-state index is 0.321. The maximum atomic E-state index is 5.65. The normalized spacial score (nSPS) is 21.7. The fourth-order valence-corrected chi connectivity index (χ4v) is 1.59. The number of hydrogen-bond acceptors (Lipinski definition) is 3. The molecular weight excluding hydrogens is 164 g/mol. The van der Waals surface area contributed by atoms with Crippen molar-refractivity contribution in [3.8, 4) is 0 Å². The minimum Gasteiger partial charge on any atom is -0.381 e. The van der Waals surface area contributed by atoms with Crippen molar-refractivity contribution < 1.29 is 4.74 Å². The second-order valence-corrected chi connectivity index (χ2v) is 4.03. The topological polar surface area (TPSA) is 47.3 Å². The van der Waals surface area contributed by atoms with E-state index in [1.165, 1.54) is 12.8 Å². The van der Waals surface area contributed by atoms with Crippen LogP contribution >= 0.6 is 0 Å².